The van der Waals surface area contributed by atoms with Gasteiger partial charge in [-0.2, -0.15) is 4.72 Å². The van der Waals surface area contributed by atoms with Crippen LogP contribution in [-0.2, 0) is 24.3 Å². The van der Waals surface area contributed by atoms with Crippen LogP contribution >= 0.6 is 15.9 Å². The van der Waals surface area contributed by atoms with Crippen LogP contribution in [0.5, 0.6) is 0 Å². The minimum atomic E-state index is -4.06. The zero-order valence-corrected chi connectivity index (χ0v) is 13.3. The van der Waals surface area contributed by atoms with Gasteiger partial charge in [0.1, 0.15) is 10.9 Å². The Kier molecular flexibility index (Phi) is 6.24. The number of pyridine rings is 1. The molecule has 1 aromatic heterocycles. The van der Waals surface area contributed by atoms with Crippen molar-refractivity contribution in [3.63, 3.8) is 0 Å². The molecule has 0 spiro atoms. The zero-order chi connectivity index (χ0) is 16.0. The Hall–Kier alpha value is -1.52. The average molecular weight is 381 g/mol. The van der Waals surface area contributed by atoms with E-state index in [1.54, 1.807) is 0 Å². The lowest BCUT2D eigenvalue weighted by Crippen LogP contribution is -2.41. The van der Waals surface area contributed by atoms with E-state index in [0.29, 0.717) is 4.47 Å². The summed E-state index contributed by atoms with van der Waals surface area (Å²) in [5, 5.41) is 9.02. The molecule has 0 bridgehead atoms. The number of esters is 1. The second-order valence-corrected chi connectivity index (χ2v) is 6.60. The van der Waals surface area contributed by atoms with Crippen molar-refractivity contribution in [3.05, 3.63) is 22.9 Å². The molecule has 1 aromatic rings. The number of rotatable bonds is 7. The molecule has 0 aliphatic heterocycles. The van der Waals surface area contributed by atoms with Crippen molar-refractivity contribution < 1.29 is 27.9 Å². The van der Waals surface area contributed by atoms with Crippen LogP contribution in [0, 0.1) is 0 Å². The van der Waals surface area contributed by atoms with Crippen molar-refractivity contribution in [1.82, 2.24) is 9.71 Å². The molecule has 1 rings (SSSR count). The second kappa shape index (κ2) is 7.48. The van der Waals surface area contributed by atoms with E-state index in [4.69, 9.17) is 5.11 Å². The SMILES string of the molecule is COC(=O)CCC(NS(=O)(=O)c1cncc(Br)c1)C(=O)O. The highest BCUT2D eigenvalue weighted by molar-refractivity contribution is 9.10. The summed E-state index contributed by atoms with van der Waals surface area (Å²) in [6, 6.07) is -0.151. The highest BCUT2D eigenvalue weighted by atomic mass is 79.9. The number of carboxylic acid groups (broad SMARTS) is 1. The van der Waals surface area contributed by atoms with E-state index < -0.39 is 28.0 Å². The molecular formula is C11H13BrN2O6S. The maximum atomic E-state index is 12.1. The molecule has 10 heteroatoms. The summed E-state index contributed by atoms with van der Waals surface area (Å²) in [4.78, 5) is 25.6. The summed E-state index contributed by atoms with van der Waals surface area (Å²) in [7, 11) is -2.89. The van der Waals surface area contributed by atoms with Crippen LogP contribution in [0.15, 0.2) is 27.8 Å². The number of aromatic nitrogens is 1. The van der Waals surface area contributed by atoms with Gasteiger partial charge in [0.15, 0.2) is 0 Å². The van der Waals surface area contributed by atoms with E-state index in [9.17, 15) is 18.0 Å². The minimum absolute atomic E-state index is 0.179. The first-order valence-electron chi connectivity index (χ1n) is 5.69. The molecule has 2 N–H and O–H groups in total. The molecule has 116 valence electrons. The molecule has 0 fully saturated rings. The first-order chi connectivity index (χ1) is 9.76. The molecular weight excluding hydrogens is 368 g/mol. The van der Waals surface area contributed by atoms with Gasteiger partial charge in [-0.3, -0.25) is 14.6 Å². The fraction of sp³-hybridized carbons (Fsp3) is 0.364. The van der Waals surface area contributed by atoms with Crippen LogP contribution < -0.4 is 4.72 Å². The number of hydrogen-bond donors (Lipinski definition) is 2. The number of carbonyl (C=O) groups is 2. The van der Waals surface area contributed by atoms with E-state index in [0.717, 1.165) is 13.3 Å². The molecule has 0 radical (unpaired) electrons. The Labute approximate surface area is 129 Å². The highest BCUT2D eigenvalue weighted by Crippen LogP contribution is 2.15. The number of nitrogens with one attached hydrogen (secondary N) is 1. The molecule has 0 aliphatic rings. The number of hydrogen-bond acceptors (Lipinski definition) is 6. The van der Waals surface area contributed by atoms with E-state index in [1.807, 2.05) is 4.72 Å². The largest absolute Gasteiger partial charge is 0.480 e. The molecule has 0 amide bonds. The van der Waals surface area contributed by atoms with Crippen molar-refractivity contribution >= 4 is 37.9 Å². The Balaban J connectivity index is 2.87. The minimum Gasteiger partial charge on any atom is -0.480 e. The van der Waals surface area contributed by atoms with Crippen LogP contribution in [0.4, 0.5) is 0 Å². The van der Waals surface area contributed by atoms with Gasteiger partial charge in [-0.05, 0) is 28.4 Å². The topological polar surface area (TPSA) is 123 Å². The lowest BCUT2D eigenvalue weighted by atomic mass is 10.2. The lowest BCUT2D eigenvalue weighted by molar-refractivity contribution is -0.142. The molecule has 0 saturated heterocycles. The highest BCUT2D eigenvalue weighted by Gasteiger charge is 2.26. The summed E-state index contributed by atoms with van der Waals surface area (Å²) in [5.41, 5.74) is 0. The monoisotopic (exact) mass is 380 g/mol. The number of halogens is 1. The first-order valence-corrected chi connectivity index (χ1v) is 7.96. The van der Waals surface area contributed by atoms with Gasteiger partial charge in [0.25, 0.3) is 0 Å². The maximum Gasteiger partial charge on any atom is 0.321 e. The third-order valence-corrected chi connectivity index (χ3v) is 4.32. The number of nitrogens with zero attached hydrogens (tertiary/aromatic N) is 1. The molecule has 1 atom stereocenters. The van der Waals surface area contributed by atoms with Crippen LogP contribution in [0.1, 0.15) is 12.8 Å². The van der Waals surface area contributed by atoms with E-state index in [-0.39, 0.29) is 17.7 Å². The standard InChI is InChI=1S/C11H13BrN2O6S/c1-20-10(15)3-2-9(11(16)17)14-21(18,19)8-4-7(12)5-13-6-8/h4-6,9,14H,2-3H2,1H3,(H,16,17). The summed E-state index contributed by atoms with van der Waals surface area (Å²) < 4.78 is 31.0. The zero-order valence-electron chi connectivity index (χ0n) is 10.9. The summed E-state index contributed by atoms with van der Waals surface area (Å²) in [6.45, 7) is 0. The Morgan fingerprint density at radius 2 is 2.14 bits per heavy atom. The summed E-state index contributed by atoms with van der Waals surface area (Å²) in [5.74, 6) is -2.00. The van der Waals surface area contributed by atoms with Gasteiger partial charge in [-0.15, -0.1) is 0 Å². The molecule has 8 nitrogen and oxygen atoms in total. The van der Waals surface area contributed by atoms with Gasteiger partial charge in [-0.25, -0.2) is 8.42 Å². The number of carboxylic acids is 1. The van der Waals surface area contributed by atoms with Crippen LogP contribution in [0.2, 0.25) is 0 Å². The predicted octanol–water partition coefficient (Wildman–Crippen LogP) is 0.529. The van der Waals surface area contributed by atoms with E-state index in [1.165, 1.54) is 12.3 Å². The van der Waals surface area contributed by atoms with Crippen molar-refractivity contribution in [2.75, 3.05) is 7.11 Å². The third-order valence-electron chi connectivity index (χ3n) is 2.45. The van der Waals surface area contributed by atoms with Crippen molar-refractivity contribution in [3.8, 4) is 0 Å². The van der Waals surface area contributed by atoms with Gasteiger partial charge >= 0.3 is 11.9 Å². The molecule has 0 saturated carbocycles. The van der Waals surface area contributed by atoms with E-state index >= 15 is 0 Å². The lowest BCUT2D eigenvalue weighted by Gasteiger charge is -2.14. The Morgan fingerprint density at radius 1 is 1.48 bits per heavy atom. The molecule has 21 heavy (non-hydrogen) atoms. The third kappa shape index (κ3) is 5.40. The number of carbonyl (C=O) groups excluding carboxylic acids is 1. The number of ether oxygens (including phenoxy) is 1. The van der Waals surface area contributed by atoms with Gasteiger partial charge < -0.3 is 9.84 Å². The summed E-state index contributed by atoms with van der Waals surface area (Å²) >= 11 is 3.08. The van der Waals surface area contributed by atoms with Crippen LogP contribution in [0.3, 0.4) is 0 Å². The van der Waals surface area contributed by atoms with Gasteiger partial charge in [-0.1, -0.05) is 0 Å². The van der Waals surface area contributed by atoms with E-state index in [2.05, 4.69) is 25.7 Å². The Bertz CT molecular complexity index is 633. The quantitative estimate of drug-likeness (QED) is 0.661. The summed E-state index contributed by atoms with van der Waals surface area (Å²) in [6.07, 6.45) is 2.05. The molecule has 1 unspecified atom stereocenters. The Morgan fingerprint density at radius 3 is 2.67 bits per heavy atom. The molecule has 0 aromatic carbocycles. The van der Waals surface area contributed by atoms with Crippen molar-refractivity contribution in [2.45, 2.75) is 23.8 Å². The normalized spacial score (nSPS) is 12.7. The van der Waals surface area contributed by atoms with Crippen molar-refractivity contribution in [2.24, 2.45) is 0 Å². The molecule has 1 heterocycles. The predicted molar refractivity (Wildman–Crippen MR) is 74.9 cm³/mol. The van der Waals surface area contributed by atoms with Crippen LogP contribution in [0.25, 0.3) is 0 Å². The fourth-order valence-electron chi connectivity index (χ4n) is 1.39. The van der Waals surface area contributed by atoms with Gasteiger partial charge in [0.05, 0.1) is 7.11 Å². The van der Waals surface area contributed by atoms with Gasteiger partial charge in [0, 0.05) is 23.3 Å². The first kappa shape index (κ1) is 17.5. The fourth-order valence-corrected chi connectivity index (χ4v) is 3.12. The number of methoxy groups -OCH3 is 1. The smallest absolute Gasteiger partial charge is 0.321 e. The average Bonchev–Trinajstić information content (AvgIpc) is 2.42. The van der Waals surface area contributed by atoms with Gasteiger partial charge in [0.2, 0.25) is 10.0 Å². The van der Waals surface area contributed by atoms with Crippen LogP contribution in [-0.4, -0.2) is 43.6 Å². The number of aliphatic carboxylic acids is 1. The van der Waals surface area contributed by atoms with Crippen molar-refractivity contribution in [1.29, 1.82) is 0 Å². The number of sulfonamides is 1. The maximum absolute atomic E-state index is 12.1. The molecule has 0 aliphatic carbocycles. The second-order valence-electron chi connectivity index (χ2n) is 3.97.